The van der Waals surface area contributed by atoms with Crippen molar-refractivity contribution in [2.45, 2.75) is 33.6 Å². The van der Waals surface area contributed by atoms with Gasteiger partial charge in [0, 0.05) is 6.42 Å². The molecule has 0 unspecified atom stereocenters. The number of carbonyl (C=O) groups excluding carboxylic acids is 3. The monoisotopic (exact) mass is 170 g/mol. The molecule has 68 valence electrons. The Bertz CT molecular complexity index is 192. The molecule has 0 saturated heterocycles. The predicted octanol–water partition coefficient (Wildman–Crippen LogP) is 1.15. The zero-order valence-electron chi connectivity index (χ0n) is 7.72. The van der Waals surface area contributed by atoms with Gasteiger partial charge in [-0.1, -0.05) is 6.92 Å². The second kappa shape index (κ2) is 4.80. The highest BCUT2D eigenvalue weighted by molar-refractivity contribution is 6.18. The Balaban J connectivity index is 4.41. The van der Waals surface area contributed by atoms with E-state index in [9.17, 15) is 14.4 Å². The number of hydrogen-bond donors (Lipinski definition) is 0. The molecule has 3 nitrogen and oxygen atoms in total. The maximum absolute atomic E-state index is 11.2. The molecule has 12 heavy (non-hydrogen) atoms. The maximum atomic E-state index is 11.2. The van der Waals surface area contributed by atoms with Crippen LogP contribution in [0.25, 0.3) is 0 Å². The summed E-state index contributed by atoms with van der Waals surface area (Å²) in [5.41, 5.74) is 0. The Hall–Kier alpha value is -0.990. The van der Waals surface area contributed by atoms with Crippen LogP contribution in [0.2, 0.25) is 0 Å². The lowest BCUT2D eigenvalue weighted by Crippen LogP contribution is -2.28. The summed E-state index contributed by atoms with van der Waals surface area (Å²) in [4.78, 5) is 32.9. The van der Waals surface area contributed by atoms with Gasteiger partial charge in [-0.25, -0.2) is 0 Å². The molecule has 0 N–H and O–H groups in total. The molecular weight excluding hydrogens is 156 g/mol. The van der Waals surface area contributed by atoms with E-state index in [1.165, 1.54) is 13.8 Å². The smallest absolute Gasteiger partial charge is 0.150 e. The summed E-state index contributed by atoms with van der Waals surface area (Å²) in [6.07, 6.45) is 0.986. The van der Waals surface area contributed by atoms with Crippen LogP contribution in [0.1, 0.15) is 33.6 Å². The molecule has 0 aromatic rings. The van der Waals surface area contributed by atoms with Gasteiger partial charge >= 0.3 is 0 Å². The SMILES string of the molecule is CCCC(=O)C(C(C)=O)C(C)=O. The van der Waals surface area contributed by atoms with Crippen LogP contribution in [-0.2, 0) is 14.4 Å². The zero-order valence-corrected chi connectivity index (χ0v) is 7.72. The quantitative estimate of drug-likeness (QED) is 0.581. The molecule has 0 atom stereocenters. The molecule has 0 aliphatic rings. The van der Waals surface area contributed by atoms with Gasteiger partial charge in [-0.3, -0.25) is 14.4 Å². The van der Waals surface area contributed by atoms with E-state index in [-0.39, 0.29) is 17.3 Å². The molecule has 0 bridgehead atoms. The highest BCUT2D eigenvalue weighted by Crippen LogP contribution is 2.06. The van der Waals surface area contributed by atoms with Crippen LogP contribution in [0.4, 0.5) is 0 Å². The zero-order chi connectivity index (χ0) is 9.72. The van der Waals surface area contributed by atoms with E-state index in [0.29, 0.717) is 12.8 Å². The Kier molecular flexibility index (Phi) is 4.40. The second-order valence-electron chi connectivity index (χ2n) is 2.87. The molecule has 0 radical (unpaired) electrons. The molecule has 0 heterocycles. The van der Waals surface area contributed by atoms with Crippen molar-refractivity contribution in [3.05, 3.63) is 0 Å². The van der Waals surface area contributed by atoms with Crippen LogP contribution in [-0.4, -0.2) is 17.3 Å². The van der Waals surface area contributed by atoms with E-state index in [2.05, 4.69) is 0 Å². The van der Waals surface area contributed by atoms with Crippen molar-refractivity contribution >= 4 is 17.3 Å². The minimum Gasteiger partial charge on any atom is -0.299 e. The lowest BCUT2D eigenvalue weighted by Gasteiger charge is -2.06. The summed E-state index contributed by atoms with van der Waals surface area (Å²) in [7, 11) is 0. The first kappa shape index (κ1) is 11.0. The van der Waals surface area contributed by atoms with Gasteiger partial charge in [-0.15, -0.1) is 0 Å². The summed E-state index contributed by atoms with van der Waals surface area (Å²) in [5, 5.41) is 0. The van der Waals surface area contributed by atoms with Crippen molar-refractivity contribution in [2.24, 2.45) is 5.92 Å². The molecule has 0 aromatic heterocycles. The third kappa shape index (κ3) is 2.95. The van der Waals surface area contributed by atoms with Crippen LogP contribution in [0.15, 0.2) is 0 Å². The molecule has 3 heteroatoms. The first-order valence-electron chi connectivity index (χ1n) is 4.04. The van der Waals surface area contributed by atoms with E-state index in [1.54, 1.807) is 0 Å². The summed E-state index contributed by atoms with van der Waals surface area (Å²) >= 11 is 0. The van der Waals surface area contributed by atoms with Crippen LogP contribution in [0.5, 0.6) is 0 Å². The van der Waals surface area contributed by atoms with Crippen molar-refractivity contribution < 1.29 is 14.4 Å². The summed E-state index contributed by atoms with van der Waals surface area (Å²) in [6.45, 7) is 4.40. The molecule has 0 aromatic carbocycles. The highest BCUT2D eigenvalue weighted by atomic mass is 16.2. The lowest BCUT2D eigenvalue weighted by molar-refractivity contribution is -0.138. The fourth-order valence-electron chi connectivity index (χ4n) is 1.13. The third-order valence-electron chi connectivity index (χ3n) is 1.63. The topological polar surface area (TPSA) is 51.2 Å². The Morgan fingerprint density at radius 3 is 1.75 bits per heavy atom. The Morgan fingerprint density at radius 1 is 1.08 bits per heavy atom. The van der Waals surface area contributed by atoms with Gasteiger partial charge < -0.3 is 0 Å². The summed E-state index contributed by atoms with van der Waals surface area (Å²) in [5.74, 6) is -1.95. The van der Waals surface area contributed by atoms with Crippen LogP contribution in [0.3, 0.4) is 0 Å². The molecule has 0 aliphatic heterocycles. The highest BCUT2D eigenvalue weighted by Gasteiger charge is 2.26. The van der Waals surface area contributed by atoms with Gasteiger partial charge in [0.25, 0.3) is 0 Å². The molecule has 0 amide bonds. The lowest BCUT2D eigenvalue weighted by atomic mass is 9.93. The fourth-order valence-corrected chi connectivity index (χ4v) is 1.13. The van der Waals surface area contributed by atoms with Gasteiger partial charge in [-0.05, 0) is 20.3 Å². The van der Waals surface area contributed by atoms with Crippen LogP contribution >= 0.6 is 0 Å². The Morgan fingerprint density at radius 2 is 1.50 bits per heavy atom. The average molecular weight is 170 g/mol. The fraction of sp³-hybridized carbons (Fsp3) is 0.667. The number of ketones is 3. The first-order chi connectivity index (χ1) is 5.50. The van der Waals surface area contributed by atoms with Crippen LogP contribution in [0, 0.1) is 5.92 Å². The minimum atomic E-state index is -1.01. The molecule has 0 saturated carbocycles. The van der Waals surface area contributed by atoms with E-state index < -0.39 is 5.92 Å². The van der Waals surface area contributed by atoms with E-state index >= 15 is 0 Å². The van der Waals surface area contributed by atoms with Crippen molar-refractivity contribution in [3.63, 3.8) is 0 Å². The van der Waals surface area contributed by atoms with Gasteiger partial charge in [-0.2, -0.15) is 0 Å². The van der Waals surface area contributed by atoms with Crippen molar-refractivity contribution in [3.8, 4) is 0 Å². The first-order valence-corrected chi connectivity index (χ1v) is 4.04. The van der Waals surface area contributed by atoms with Crippen molar-refractivity contribution in [1.29, 1.82) is 0 Å². The molecule has 0 fully saturated rings. The molecule has 0 rings (SSSR count). The van der Waals surface area contributed by atoms with E-state index in [1.807, 2.05) is 6.92 Å². The van der Waals surface area contributed by atoms with Gasteiger partial charge in [0.2, 0.25) is 0 Å². The van der Waals surface area contributed by atoms with Gasteiger partial charge in [0.15, 0.2) is 5.78 Å². The normalized spacial score (nSPS) is 10.0. The minimum absolute atomic E-state index is 0.252. The summed E-state index contributed by atoms with van der Waals surface area (Å²) in [6, 6.07) is 0. The number of carbonyl (C=O) groups is 3. The third-order valence-corrected chi connectivity index (χ3v) is 1.63. The van der Waals surface area contributed by atoms with Gasteiger partial charge in [0.1, 0.15) is 17.5 Å². The van der Waals surface area contributed by atoms with E-state index in [4.69, 9.17) is 0 Å². The summed E-state index contributed by atoms with van der Waals surface area (Å²) < 4.78 is 0. The predicted molar refractivity (Wildman–Crippen MR) is 44.8 cm³/mol. The molecule has 0 spiro atoms. The van der Waals surface area contributed by atoms with Crippen molar-refractivity contribution in [1.82, 2.24) is 0 Å². The Labute approximate surface area is 72.1 Å². The maximum Gasteiger partial charge on any atom is 0.150 e. The number of hydrogen-bond acceptors (Lipinski definition) is 3. The molecule has 0 aliphatic carbocycles. The van der Waals surface area contributed by atoms with Gasteiger partial charge in [0.05, 0.1) is 0 Å². The number of rotatable bonds is 5. The second-order valence-corrected chi connectivity index (χ2v) is 2.87. The average Bonchev–Trinajstić information content (AvgIpc) is 1.85. The largest absolute Gasteiger partial charge is 0.299 e. The molecular formula is C9H14O3. The number of Topliss-reactive ketones (excluding diaryl/α,β-unsaturated/α-hetero) is 3. The van der Waals surface area contributed by atoms with E-state index in [0.717, 1.165) is 0 Å². The van der Waals surface area contributed by atoms with Crippen molar-refractivity contribution in [2.75, 3.05) is 0 Å². The van der Waals surface area contributed by atoms with Crippen LogP contribution < -0.4 is 0 Å². The standard InChI is InChI=1S/C9H14O3/c1-4-5-8(12)9(6(2)10)7(3)11/h9H,4-5H2,1-3H3.